The van der Waals surface area contributed by atoms with Crippen LogP contribution in [0, 0.1) is 17.9 Å². The maximum atomic E-state index is 12.3. The average Bonchev–Trinajstić information content (AvgIpc) is 3.62. The molecule has 4 rings (SSSR count). The summed E-state index contributed by atoms with van der Waals surface area (Å²) in [6.45, 7) is 10.9. The topological polar surface area (TPSA) is 99.4 Å². The molecule has 1 amide bonds. The van der Waals surface area contributed by atoms with Crippen LogP contribution in [0.1, 0.15) is 40.7 Å². The van der Waals surface area contributed by atoms with Crippen molar-refractivity contribution in [2.24, 2.45) is 5.73 Å². The molecule has 1 aliphatic carbocycles. The Kier molecular flexibility index (Phi) is 5.89. The fourth-order valence-electron chi connectivity index (χ4n) is 3.76. The second kappa shape index (κ2) is 8.74. The smallest absolute Gasteiger partial charge is 0.235 e. The number of thioether (sulfide) groups is 1. The first-order valence-corrected chi connectivity index (χ1v) is 10.8. The summed E-state index contributed by atoms with van der Waals surface area (Å²) in [6, 6.07) is 11.6. The van der Waals surface area contributed by atoms with Gasteiger partial charge in [-0.1, -0.05) is 42.1 Å². The third kappa shape index (κ3) is 3.97. The van der Waals surface area contributed by atoms with E-state index in [1.165, 1.54) is 11.8 Å². The lowest BCUT2D eigenvalue weighted by molar-refractivity contribution is -0.117. The second-order valence-corrected chi connectivity index (χ2v) is 8.52. The van der Waals surface area contributed by atoms with Crippen molar-refractivity contribution in [3.8, 4) is 6.07 Å². The zero-order valence-electron chi connectivity index (χ0n) is 16.5. The molecule has 1 aromatic carbocycles. The van der Waals surface area contributed by atoms with Crippen molar-refractivity contribution in [2.75, 3.05) is 31.1 Å². The number of primary amides is 1. The number of carbonyl (C=O) groups is 1. The zero-order chi connectivity index (χ0) is 21.1. The minimum atomic E-state index is -0.660. The molecule has 1 atom stereocenters. The third-order valence-electron chi connectivity index (χ3n) is 5.37. The maximum absolute atomic E-state index is 12.3. The molecule has 2 fully saturated rings. The number of piperazine rings is 1. The molecule has 1 aliphatic heterocycles. The van der Waals surface area contributed by atoms with Gasteiger partial charge in [-0.3, -0.25) is 4.79 Å². The Morgan fingerprint density at radius 3 is 2.60 bits per heavy atom. The molecular formula is C22H22N6OS. The average molecular weight is 419 g/mol. The summed E-state index contributed by atoms with van der Waals surface area (Å²) in [4.78, 5) is 22.9. The van der Waals surface area contributed by atoms with E-state index in [0.29, 0.717) is 22.1 Å². The highest BCUT2D eigenvalue weighted by Gasteiger charge is 2.35. The van der Waals surface area contributed by atoms with Crippen LogP contribution in [-0.4, -0.2) is 37.1 Å². The SMILES string of the molecule is [C-]#[N+]c1c(N2CCNCC2)nc(SC(C(N)=O)c2ccccc2)c(C#N)c1C1CC1. The molecule has 7 nitrogen and oxygen atoms in total. The molecule has 2 aliphatic rings. The second-order valence-electron chi connectivity index (χ2n) is 7.42. The van der Waals surface area contributed by atoms with E-state index in [1.54, 1.807) is 0 Å². The number of hydrogen-bond donors (Lipinski definition) is 2. The van der Waals surface area contributed by atoms with Gasteiger partial charge in [-0.15, -0.1) is 0 Å². The van der Waals surface area contributed by atoms with E-state index in [0.717, 1.165) is 50.1 Å². The van der Waals surface area contributed by atoms with E-state index in [4.69, 9.17) is 17.3 Å². The lowest BCUT2D eigenvalue weighted by atomic mass is 10.0. The zero-order valence-corrected chi connectivity index (χ0v) is 17.3. The molecule has 2 aromatic rings. The van der Waals surface area contributed by atoms with Gasteiger partial charge in [-0.2, -0.15) is 5.26 Å². The van der Waals surface area contributed by atoms with Gasteiger partial charge < -0.3 is 16.0 Å². The number of nitriles is 1. The number of nitrogens with two attached hydrogens (primary N) is 1. The van der Waals surface area contributed by atoms with Crippen molar-refractivity contribution in [3.05, 3.63) is 58.4 Å². The summed E-state index contributed by atoms with van der Waals surface area (Å²) in [5.41, 5.74) is 8.17. The van der Waals surface area contributed by atoms with Crippen LogP contribution in [-0.2, 0) is 4.79 Å². The van der Waals surface area contributed by atoms with Crippen molar-refractivity contribution in [1.29, 1.82) is 5.26 Å². The summed E-state index contributed by atoms with van der Waals surface area (Å²) in [5, 5.41) is 13.1. The van der Waals surface area contributed by atoms with Crippen LogP contribution in [0.25, 0.3) is 4.85 Å². The van der Waals surface area contributed by atoms with Crippen LogP contribution in [0.2, 0.25) is 0 Å². The number of pyridine rings is 1. The van der Waals surface area contributed by atoms with Crippen molar-refractivity contribution < 1.29 is 4.79 Å². The number of nitrogens with zero attached hydrogens (tertiary/aromatic N) is 4. The highest BCUT2D eigenvalue weighted by molar-refractivity contribution is 8.00. The predicted molar refractivity (Wildman–Crippen MR) is 117 cm³/mol. The van der Waals surface area contributed by atoms with Crippen molar-refractivity contribution in [3.63, 3.8) is 0 Å². The van der Waals surface area contributed by atoms with Gasteiger partial charge in [0.05, 0.1) is 12.1 Å². The summed E-state index contributed by atoms with van der Waals surface area (Å²) in [7, 11) is 0. The lowest BCUT2D eigenvalue weighted by Gasteiger charge is -2.31. The van der Waals surface area contributed by atoms with Crippen molar-refractivity contribution >= 4 is 29.2 Å². The lowest BCUT2D eigenvalue weighted by Crippen LogP contribution is -2.44. The third-order valence-corrected chi connectivity index (χ3v) is 6.63. The van der Waals surface area contributed by atoms with Gasteiger partial charge in [0.25, 0.3) is 0 Å². The van der Waals surface area contributed by atoms with Gasteiger partial charge in [0.1, 0.15) is 22.2 Å². The van der Waals surface area contributed by atoms with E-state index >= 15 is 0 Å². The van der Waals surface area contributed by atoms with Gasteiger partial charge in [0.2, 0.25) is 11.6 Å². The predicted octanol–water partition coefficient (Wildman–Crippen LogP) is 3.11. The highest BCUT2D eigenvalue weighted by atomic mass is 32.2. The van der Waals surface area contributed by atoms with Crippen molar-refractivity contribution in [2.45, 2.75) is 29.0 Å². The monoisotopic (exact) mass is 418 g/mol. The number of benzene rings is 1. The number of aromatic nitrogens is 1. The van der Waals surface area contributed by atoms with Crippen LogP contribution < -0.4 is 16.0 Å². The molecule has 8 heteroatoms. The minimum Gasteiger partial charge on any atom is -0.368 e. The normalized spacial score (nSPS) is 17.1. The van der Waals surface area contributed by atoms with Crippen LogP contribution in [0.4, 0.5) is 11.5 Å². The van der Waals surface area contributed by atoms with E-state index in [2.05, 4.69) is 21.1 Å². The number of rotatable bonds is 6. The summed E-state index contributed by atoms with van der Waals surface area (Å²) < 4.78 is 0. The molecule has 2 heterocycles. The van der Waals surface area contributed by atoms with Gasteiger partial charge >= 0.3 is 0 Å². The molecule has 1 unspecified atom stereocenters. The minimum absolute atomic E-state index is 0.205. The number of hydrogen-bond acceptors (Lipinski definition) is 6. The van der Waals surface area contributed by atoms with Gasteiger partial charge in [0.15, 0.2) is 0 Å². The van der Waals surface area contributed by atoms with E-state index in [-0.39, 0.29) is 5.92 Å². The molecule has 0 bridgehead atoms. The van der Waals surface area contributed by atoms with Crippen LogP contribution in [0.5, 0.6) is 0 Å². The molecule has 1 aromatic heterocycles. The Morgan fingerprint density at radius 1 is 1.33 bits per heavy atom. The fraction of sp³-hybridized carbons (Fsp3) is 0.364. The summed E-state index contributed by atoms with van der Waals surface area (Å²) >= 11 is 1.20. The molecule has 1 saturated carbocycles. The molecule has 30 heavy (non-hydrogen) atoms. The Balaban J connectivity index is 1.84. The first-order chi connectivity index (χ1) is 14.6. The summed E-state index contributed by atoms with van der Waals surface area (Å²) in [5.74, 6) is 0.338. The number of anilines is 1. The fourth-order valence-corrected chi connectivity index (χ4v) is 4.80. The van der Waals surface area contributed by atoms with Crippen LogP contribution >= 0.6 is 11.8 Å². The number of carbonyl (C=O) groups excluding carboxylic acids is 1. The first-order valence-electron chi connectivity index (χ1n) is 9.96. The molecule has 152 valence electrons. The van der Waals surface area contributed by atoms with Crippen LogP contribution in [0.3, 0.4) is 0 Å². The van der Waals surface area contributed by atoms with Gasteiger partial charge in [-0.05, 0) is 29.9 Å². The Labute approximate surface area is 180 Å². The maximum Gasteiger partial charge on any atom is 0.235 e. The van der Waals surface area contributed by atoms with E-state index < -0.39 is 11.2 Å². The summed E-state index contributed by atoms with van der Waals surface area (Å²) in [6.07, 6.45) is 1.93. The molecule has 0 radical (unpaired) electrons. The standard InChI is InChI=1S/C22H22N6OS/c1-25-18-17(14-7-8-14)16(13-23)22(27-21(18)28-11-9-26-10-12-28)30-19(20(24)29)15-5-3-2-4-6-15/h2-6,14,19,26H,7-12H2,(H2,24,29). The largest absolute Gasteiger partial charge is 0.368 e. The molecule has 1 saturated heterocycles. The molecule has 3 N–H and O–H groups in total. The first kappa shape index (κ1) is 20.2. The number of amides is 1. The van der Waals surface area contributed by atoms with E-state index in [9.17, 15) is 10.1 Å². The quantitative estimate of drug-likeness (QED) is 0.552. The Bertz CT molecular complexity index is 1030. The van der Waals surface area contributed by atoms with Gasteiger partial charge in [0, 0.05) is 26.2 Å². The molecular weight excluding hydrogens is 396 g/mol. The number of nitrogens with one attached hydrogen (secondary N) is 1. The Morgan fingerprint density at radius 2 is 2.03 bits per heavy atom. The van der Waals surface area contributed by atoms with Crippen LogP contribution in [0.15, 0.2) is 35.4 Å². The Hall–Kier alpha value is -3.07. The van der Waals surface area contributed by atoms with Gasteiger partial charge in [-0.25, -0.2) is 9.83 Å². The van der Waals surface area contributed by atoms with E-state index in [1.807, 2.05) is 30.3 Å². The highest BCUT2D eigenvalue weighted by Crippen LogP contribution is 2.51. The molecule has 0 spiro atoms. The van der Waals surface area contributed by atoms with Crippen molar-refractivity contribution in [1.82, 2.24) is 10.3 Å².